The Bertz CT molecular complexity index is 1130. The number of carbonyl (C=O) groups excluding carboxylic acids is 2. The van der Waals surface area contributed by atoms with Crippen molar-refractivity contribution in [3.63, 3.8) is 0 Å². The predicted molar refractivity (Wildman–Crippen MR) is 122 cm³/mol. The van der Waals surface area contributed by atoms with Crippen LogP contribution in [0.15, 0.2) is 54.7 Å². The Morgan fingerprint density at radius 3 is 2.50 bits per heavy atom. The number of ether oxygens (including phenoxy) is 2. The minimum absolute atomic E-state index is 0.278. The quantitative estimate of drug-likeness (QED) is 0.518. The Hall–Kier alpha value is -4.07. The van der Waals surface area contributed by atoms with Crippen molar-refractivity contribution in [2.45, 2.75) is 20.4 Å². The first-order chi connectivity index (χ1) is 15.4. The van der Waals surface area contributed by atoms with Crippen molar-refractivity contribution in [2.24, 2.45) is 0 Å². The average Bonchev–Trinajstić information content (AvgIpc) is 2.79. The number of nitrogens with zero attached hydrogens (tertiary/aromatic N) is 1. The van der Waals surface area contributed by atoms with Crippen LogP contribution >= 0.6 is 0 Å². The molecular formula is C24H26N4O4. The van der Waals surface area contributed by atoms with Gasteiger partial charge in [-0.2, -0.15) is 0 Å². The second-order valence-electron chi connectivity index (χ2n) is 7.17. The first-order valence-electron chi connectivity index (χ1n) is 10.0. The monoisotopic (exact) mass is 434 g/mol. The molecule has 8 heteroatoms. The number of urea groups is 1. The third-order valence-electron chi connectivity index (χ3n) is 4.71. The van der Waals surface area contributed by atoms with Gasteiger partial charge in [-0.15, -0.1) is 0 Å². The van der Waals surface area contributed by atoms with Crippen molar-refractivity contribution >= 4 is 17.6 Å². The average molecular weight is 434 g/mol. The second-order valence-corrected chi connectivity index (χ2v) is 7.17. The van der Waals surface area contributed by atoms with E-state index in [9.17, 15) is 9.59 Å². The summed E-state index contributed by atoms with van der Waals surface area (Å²) >= 11 is 0. The smallest absolute Gasteiger partial charge is 0.319 e. The van der Waals surface area contributed by atoms with Crippen LogP contribution < -0.4 is 25.4 Å². The lowest BCUT2D eigenvalue weighted by molar-refractivity contribution is 0.0958. The zero-order chi connectivity index (χ0) is 23.1. The molecule has 2 aromatic carbocycles. The third kappa shape index (κ3) is 5.75. The number of anilines is 1. The van der Waals surface area contributed by atoms with E-state index in [-0.39, 0.29) is 17.6 Å². The maximum absolute atomic E-state index is 12.3. The van der Waals surface area contributed by atoms with Crippen molar-refractivity contribution in [3.05, 3.63) is 77.1 Å². The van der Waals surface area contributed by atoms with E-state index in [4.69, 9.17) is 9.47 Å². The van der Waals surface area contributed by atoms with Crippen LogP contribution in [0, 0.1) is 13.8 Å². The van der Waals surface area contributed by atoms with E-state index in [0.29, 0.717) is 29.5 Å². The lowest BCUT2D eigenvalue weighted by Crippen LogP contribution is -2.28. The van der Waals surface area contributed by atoms with Crippen molar-refractivity contribution < 1.29 is 19.1 Å². The topological polar surface area (TPSA) is 102 Å². The highest BCUT2D eigenvalue weighted by Crippen LogP contribution is 2.27. The second kappa shape index (κ2) is 10.3. The van der Waals surface area contributed by atoms with Gasteiger partial charge in [0.25, 0.3) is 5.91 Å². The van der Waals surface area contributed by atoms with Gasteiger partial charge in [-0.1, -0.05) is 18.2 Å². The number of aryl methyl sites for hydroxylation is 2. The van der Waals surface area contributed by atoms with Crippen LogP contribution in [0.1, 0.15) is 27.2 Å². The number of aromatic nitrogens is 1. The van der Waals surface area contributed by atoms with Gasteiger partial charge in [0.05, 0.1) is 12.8 Å². The molecule has 0 saturated heterocycles. The Balaban J connectivity index is 1.61. The van der Waals surface area contributed by atoms with E-state index >= 15 is 0 Å². The van der Waals surface area contributed by atoms with Crippen LogP contribution in [0.5, 0.6) is 17.2 Å². The number of carbonyl (C=O) groups is 2. The molecule has 0 spiro atoms. The largest absolute Gasteiger partial charge is 0.495 e. The summed E-state index contributed by atoms with van der Waals surface area (Å²) in [5.74, 6) is 1.48. The first kappa shape index (κ1) is 22.6. The van der Waals surface area contributed by atoms with E-state index in [1.165, 1.54) is 6.20 Å². The molecule has 3 rings (SSSR count). The minimum Gasteiger partial charge on any atom is -0.495 e. The minimum atomic E-state index is -0.328. The van der Waals surface area contributed by atoms with Crippen molar-refractivity contribution in [3.8, 4) is 17.2 Å². The van der Waals surface area contributed by atoms with Crippen LogP contribution in [0.2, 0.25) is 0 Å². The van der Waals surface area contributed by atoms with Crippen LogP contribution in [0.3, 0.4) is 0 Å². The molecule has 0 saturated carbocycles. The molecule has 0 radical (unpaired) electrons. The molecule has 3 N–H and O–H groups in total. The number of hydrogen-bond donors (Lipinski definition) is 3. The molecule has 3 amide bonds. The molecule has 8 nitrogen and oxygen atoms in total. The molecule has 0 bridgehead atoms. The summed E-state index contributed by atoms with van der Waals surface area (Å²) in [5.41, 5.74) is 3.72. The maximum atomic E-state index is 12.3. The SMILES string of the molecule is CNC(=O)c1cc(Oc2ccc(CNC(=O)Nc3cc(C)ccc3OC)cc2C)ccn1. The van der Waals surface area contributed by atoms with Crippen LogP contribution in [-0.2, 0) is 6.54 Å². The highest BCUT2D eigenvalue weighted by molar-refractivity contribution is 5.92. The summed E-state index contributed by atoms with van der Waals surface area (Å²) in [6.07, 6.45) is 1.52. The third-order valence-corrected chi connectivity index (χ3v) is 4.71. The molecule has 0 aliphatic rings. The molecule has 0 aliphatic heterocycles. The lowest BCUT2D eigenvalue weighted by Gasteiger charge is -2.13. The predicted octanol–water partition coefficient (Wildman–Crippen LogP) is 4.18. The fraction of sp³-hybridized carbons (Fsp3) is 0.208. The summed E-state index contributed by atoms with van der Waals surface area (Å²) < 4.78 is 11.2. The van der Waals surface area contributed by atoms with Gasteiger partial charge in [-0.3, -0.25) is 9.78 Å². The van der Waals surface area contributed by atoms with E-state index < -0.39 is 0 Å². The van der Waals surface area contributed by atoms with Crippen molar-refractivity contribution in [2.75, 3.05) is 19.5 Å². The summed E-state index contributed by atoms with van der Waals surface area (Å²) in [6, 6.07) is 14.2. The van der Waals surface area contributed by atoms with Gasteiger partial charge in [-0.25, -0.2) is 4.79 Å². The number of hydrogen-bond acceptors (Lipinski definition) is 5. The van der Waals surface area contributed by atoms with Gasteiger partial charge in [0.15, 0.2) is 0 Å². The normalized spacial score (nSPS) is 10.2. The zero-order valence-corrected chi connectivity index (χ0v) is 18.5. The summed E-state index contributed by atoms with van der Waals surface area (Å²) in [7, 11) is 3.11. The molecule has 3 aromatic rings. The van der Waals surface area contributed by atoms with E-state index in [1.54, 1.807) is 26.3 Å². The maximum Gasteiger partial charge on any atom is 0.319 e. The fourth-order valence-corrected chi connectivity index (χ4v) is 3.06. The molecule has 1 heterocycles. The molecule has 0 fully saturated rings. The van der Waals surface area contributed by atoms with Crippen molar-refractivity contribution in [1.29, 1.82) is 0 Å². The summed E-state index contributed by atoms with van der Waals surface area (Å²) in [4.78, 5) is 28.1. The lowest BCUT2D eigenvalue weighted by atomic mass is 10.1. The molecule has 166 valence electrons. The molecule has 32 heavy (non-hydrogen) atoms. The number of benzene rings is 2. The standard InChI is InChI=1S/C24H26N4O4/c1-15-5-7-22(31-4)19(11-15)28-24(30)27-14-17-6-8-21(16(2)12-17)32-18-9-10-26-20(13-18)23(29)25-3/h5-13H,14H2,1-4H3,(H,25,29)(H2,27,28,30). The van der Waals surface area contributed by atoms with Gasteiger partial charge in [0, 0.05) is 25.9 Å². The van der Waals surface area contributed by atoms with Gasteiger partial charge in [0.1, 0.15) is 22.9 Å². The number of amides is 3. The number of pyridine rings is 1. The molecular weight excluding hydrogens is 408 g/mol. The van der Waals surface area contributed by atoms with Gasteiger partial charge in [0.2, 0.25) is 0 Å². The van der Waals surface area contributed by atoms with Gasteiger partial charge >= 0.3 is 6.03 Å². The molecule has 0 aliphatic carbocycles. The molecule has 0 atom stereocenters. The van der Waals surface area contributed by atoms with E-state index in [1.807, 2.05) is 50.2 Å². The van der Waals surface area contributed by atoms with E-state index in [2.05, 4.69) is 20.9 Å². The Kier molecular flexibility index (Phi) is 7.28. The summed E-state index contributed by atoms with van der Waals surface area (Å²) in [5, 5.41) is 8.19. The Morgan fingerprint density at radius 1 is 1.00 bits per heavy atom. The van der Waals surface area contributed by atoms with Gasteiger partial charge in [-0.05, 0) is 54.8 Å². The van der Waals surface area contributed by atoms with Crippen LogP contribution in [-0.4, -0.2) is 31.1 Å². The highest BCUT2D eigenvalue weighted by atomic mass is 16.5. The Labute approximate surface area is 187 Å². The molecule has 1 aromatic heterocycles. The number of methoxy groups -OCH3 is 1. The van der Waals surface area contributed by atoms with Crippen molar-refractivity contribution in [1.82, 2.24) is 15.6 Å². The highest BCUT2D eigenvalue weighted by Gasteiger charge is 2.10. The fourth-order valence-electron chi connectivity index (χ4n) is 3.06. The Morgan fingerprint density at radius 2 is 1.78 bits per heavy atom. The molecule has 0 unspecified atom stereocenters. The zero-order valence-electron chi connectivity index (χ0n) is 18.5. The van der Waals surface area contributed by atoms with Crippen LogP contribution in [0.4, 0.5) is 10.5 Å². The van der Waals surface area contributed by atoms with Crippen LogP contribution in [0.25, 0.3) is 0 Å². The first-order valence-corrected chi connectivity index (χ1v) is 10.0. The number of nitrogens with one attached hydrogen (secondary N) is 3. The number of rotatable bonds is 7. The summed E-state index contributed by atoms with van der Waals surface area (Å²) in [6.45, 7) is 4.20. The van der Waals surface area contributed by atoms with Gasteiger partial charge < -0.3 is 25.4 Å². The van der Waals surface area contributed by atoms with E-state index in [0.717, 1.165) is 16.7 Å².